The number of nitrogens with zero attached hydrogens (tertiary/aromatic N) is 3. The van der Waals surface area contributed by atoms with Gasteiger partial charge in [-0.25, -0.2) is 9.97 Å². The van der Waals surface area contributed by atoms with Crippen molar-refractivity contribution in [2.75, 3.05) is 43.6 Å². The predicted octanol–water partition coefficient (Wildman–Crippen LogP) is 2.44. The van der Waals surface area contributed by atoms with Gasteiger partial charge in [-0.3, -0.25) is 4.79 Å². The number of benzene rings is 1. The highest BCUT2D eigenvalue weighted by atomic mass is 16.5. The van der Waals surface area contributed by atoms with E-state index in [1.165, 1.54) is 11.9 Å². The number of carbonyl (C=O) groups is 1. The fourth-order valence-electron chi connectivity index (χ4n) is 2.36. The lowest BCUT2D eigenvalue weighted by Crippen LogP contribution is -2.27. The third-order valence-corrected chi connectivity index (χ3v) is 3.74. The lowest BCUT2D eigenvalue weighted by Gasteiger charge is -2.21. The molecule has 0 spiro atoms. The first kappa shape index (κ1) is 18.7. The summed E-state index contributed by atoms with van der Waals surface area (Å²) in [5, 5.41) is 5.89. The quantitative estimate of drug-likeness (QED) is 0.681. The number of ether oxygens (including phenoxy) is 1. The molecular formula is C18H25N5O2. The minimum Gasteiger partial charge on any atom is -0.383 e. The summed E-state index contributed by atoms with van der Waals surface area (Å²) in [4.78, 5) is 22.5. The van der Waals surface area contributed by atoms with Crippen LogP contribution in [0.3, 0.4) is 0 Å². The average Bonchev–Trinajstić information content (AvgIpc) is 2.65. The van der Waals surface area contributed by atoms with E-state index >= 15 is 0 Å². The molecule has 1 heterocycles. The summed E-state index contributed by atoms with van der Waals surface area (Å²) in [7, 11) is 1.58. The average molecular weight is 343 g/mol. The Morgan fingerprint density at radius 1 is 1.12 bits per heavy atom. The van der Waals surface area contributed by atoms with Crippen LogP contribution in [0.5, 0.6) is 0 Å². The molecule has 1 amide bonds. The number of carbonyl (C=O) groups excluding carboxylic acids is 1. The Labute approximate surface area is 148 Å². The summed E-state index contributed by atoms with van der Waals surface area (Å²) >= 11 is 0. The third kappa shape index (κ3) is 5.42. The first-order chi connectivity index (χ1) is 12.2. The van der Waals surface area contributed by atoms with Crippen molar-refractivity contribution in [3.63, 3.8) is 0 Å². The predicted molar refractivity (Wildman–Crippen MR) is 99.5 cm³/mol. The zero-order valence-corrected chi connectivity index (χ0v) is 15.0. The van der Waals surface area contributed by atoms with E-state index in [1.807, 2.05) is 12.1 Å². The molecule has 0 saturated heterocycles. The van der Waals surface area contributed by atoms with Gasteiger partial charge in [0.2, 0.25) is 0 Å². The van der Waals surface area contributed by atoms with Gasteiger partial charge in [0.15, 0.2) is 0 Å². The summed E-state index contributed by atoms with van der Waals surface area (Å²) in [5.41, 5.74) is 2.38. The molecule has 0 unspecified atom stereocenters. The number of methoxy groups -OCH3 is 1. The summed E-state index contributed by atoms with van der Waals surface area (Å²) in [5.74, 6) is 0.323. The fourth-order valence-corrected chi connectivity index (χ4v) is 2.36. The van der Waals surface area contributed by atoms with E-state index in [0.29, 0.717) is 19.0 Å². The number of rotatable bonds is 9. The zero-order chi connectivity index (χ0) is 18.1. The van der Waals surface area contributed by atoms with Crippen LogP contribution in [0.4, 0.5) is 17.2 Å². The van der Waals surface area contributed by atoms with Crippen molar-refractivity contribution < 1.29 is 9.53 Å². The van der Waals surface area contributed by atoms with Gasteiger partial charge < -0.3 is 20.3 Å². The number of hydrogen-bond acceptors (Lipinski definition) is 6. The second-order valence-electron chi connectivity index (χ2n) is 5.38. The Morgan fingerprint density at radius 2 is 1.84 bits per heavy atom. The van der Waals surface area contributed by atoms with E-state index < -0.39 is 0 Å². The minimum absolute atomic E-state index is 0.264. The van der Waals surface area contributed by atoms with Gasteiger partial charge in [0, 0.05) is 38.1 Å². The summed E-state index contributed by atoms with van der Waals surface area (Å²) in [6.45, 7) is 7.12. The van der Waals surface area contributed by atoms with Gasteiger partial charge in [-0.1, -0.05) is 0 Å². The Morgan fingerprint density at radius 3 is 2.40 bits per heavy atom. The van der Waals surface area contributed by atoms with Gasteiger partial charge in [0.1, 0.15) is 11.5 Å². The maximum Gasteiger partial charge on any atom is 0.271 e. The van der Waals surface area contributed by atoms with Crippen molar-refractivity contribution in [2.45, 2.75) is 13.8 Å². The molecule has 1 aromatic carbocycles. The monoisotopic (exact) mass is 343 g/mol. The number of nitrogens with one attached hydrogen (secondary N) is 2. The Kier molecular flexibility index (Phi) is 7.16. The lowest BCUT2D eigenvalue weighted by atomic mass is 10.2. The highest BCUT2D eigenvalue weighted by molar-refractivity contribution is 5.92. The van der Waals surface area contributed by atoms with Crippen molar-refractivity contribution in [1.29, 1.82) is 0 Å². The maximum atomic E-state index is 11.9. The first-order valence-electron chi connectivity index (χ1n) is 8.39. The second-order valence-corrected chi connectivity index (χ2v) is 5.38. The topological polar surface area (TPSA) is 79.4 Å². The molecule has 0 saturated carbocycles. The molecule has 0 aliphatic rings. The summed E-state index contributed by atoms with van der Waals surface area (Å²) < 4.78 is 4.89. The number of aromatic nitrogens is 2. The van der Waals surface area contributed by atoms with Crippen molar-refractivity contribution in [3.8, 4) is 0 Å². The van der Waals surface area contributed by atoms with Crippen LogP contribution in [-0.4, -0.2) is 49.2 Å². The molecule has 7 nitrogen and oxygen atoms in total. The summed E-state index contributed by atoms with van der Waals surface area (Å²) in [6, 6.07) is 8.14. The first-order valence-corrected chi connectivity index (χ1v) is 8.39. The molecule has 134 valence electrons. The molecule has 7 heteroatoms. The smallest absolute Gasteiger partial charge is 0.271 e. The van der Waals surface area contributed by atoms with E-state index in [9.17, 15) is 4.79 Å². The van der Waals surface area contributed by atoms with Crippen LogP contribution in [-0.2, 0) is 4.74 Å². The van der Waals surface area contributed by atoms with Crippen LogP contribution in [0.1, 0.15) is 24.3 Å². The molecule has 25 heavy (non-hydrogen) atoms. The van der Waals surface area contributed by atoms with E-state index in [-0.39, 0.29) is 11.6 Å². The van der Waals surface area contributed by atoms with Gasteiger partial charge in [0.05, 0.1) is 19.0 Å². The summed E-state index contributed by atoms with van der Waals surface area (Å²) in [6.07, 6.45) is 3.00. The maximum absolute atomic E-state index is 11.9. The number of amides is 1. The lowest BCUT2D eigenvalue weighted by molar-refractivity contribution is 0.0932. The van der Waals surface area contributed by atoms with Gasteiger partial charge in [-0.05, 0) is 38.1 Å². The molecule has 0 fully saturated rings. The number of anilines is 3. The van der Waals surface area contributed by atoms with E-state index in [4.69, 9.17) is 4.74 Å². The third-order valence-electron chi connectivity index (χ3n) is 3.74. The SMILES string of the molecule is CCN(CC)c1ccc(Nc2cnc(C(=O)NCCOC)cn2)cc1. The second kappa shape index (κ2) is 9.58. The van der Waals surface area contributed by atoms with Crippen LogP contribution in [0.15, 0.2) is 36.7 Å². The van der Waals surface area contributed by atoms with E-state index in [0.717, 1.165) is 18.8 Å². The highest BCUT2D eigenvalue weighted by Crippen LogP contribution is 2.19. The van der Waals surface area contributed by atoms with Crippen LogP contribution in [0.2, 0.25) is 0 Å². The largest absolute Gasteiger partial charge is 0.383 e. The normalized spacial score (nSPS) is 10.4. The van der Waals surface area contributed by atoms with Crippen molar-refractivity contribution in [1.82, 2.24) is 15.3 Å². The van der Waals surface area contributed by atoms with Crippen LogP contribution in [0.25, 0.3) is 0 Å². The van der Waals surface area contributed by atoms with Crippen LogP contribution >= 0.6 is 0 Å². The van der Waals surface area contributed by atoms with Gasteiger partial charge in [0.25, 0.3) is 5.91 Å². The molecular weight excluding hydrogens is 318 g/mol. The molecule has 1 aromatic heterocycles. The Bertz CT molecular complexity index is 654. The fraction of sp³-hybridized carbons (Fsp3) is 0.389. The molecule has 2 N–H and O–H groups in total. The van der Waals surface area contributed by atoms with Gasteiger partial charge in [-0.15, -0.1) is 0 Å². The van der Waals surface area contributed by atoms with E-state index in [2.05, 4.69) is 51.5 Å². The molecule has 0 aliphatic carbocycles. The molecule has 0 radical (unpaired) electrons. The molecule has 2 aromatic rings. The standard InChI is InChI=1S/C18H25N5O2/c1-4-23(5-2)15-8-6-14(7-9-15)22-17-13-20-16(12-21-17)18(24)19-10-11-25-3/h6-9,12-13H,4-5,10-11H2,1-3H3,(H,19,24)(H,21,22). The Hall–Kier alpha value is -2.67. The molecule has 0 atom stereocenters. The van der Waals surface area contributed by atoms with Crippen molar-refractivity contribution >= 4 is 23.1 Å². The minimum atomic E-state index is -0.264. The van der Waals surface area contributed by atoms with Crippen LogP contribution in [0, 0.1) is 0 Å². The highest BCUT2D eigenvalue weighted by Gasteiger charge is 2.07. The van der Waals surface area contributed by atoms with Crippen molar-refractivity contribution in [2.24, 2.45) is 0 Å². The van der Waals surface area contributed by atoms with E-state index in [1.54, 1.807) is 13.3 Å². The van der Waals surface area contributed by atoms with Gasteiger partial charge in [-0.2, -0.15) is 0 Å². The molecule has 2 rings (SSSR count). The molecule has 0 aliphatic heterocycles. The van der Waals surface area contributed by atoms with Crippen molar-refractivity contribution in [3.05, 3.63) is 42.4 Å². The van der Waals surface area contributed by atoms with Gasteiger partial charge >= 0.3 is 0 Å². The molecule has 0 bridgehead atoms. The zero-order valence-electron chi connectivity index (χ0n) is 15.0. The number of hydrogen-bond donors (Lipinski definition) is 2. The Balaban J connectivity index is 1.95. The van der Waals surface area contributed by atoms with Crippen LogP contribution < -0.4 is 15.5 Å².